The van der Waals surface area contributed by atoms with Crippen molar-refractivity contribution in [2.24, 2.45) is 17.1 Å². The van der Waals surface area contributed by atoms with Crippen molar-refractivity contribution in [1.29, 1.82) is 0 Å². The average molecular weight is 273 g/mol. The van der Waals surface area contributed by atoms with E-state index in [-0.39, 0.29) is 23.0 Å². The van der Waals surface area contributed by atoms with E-state index in [0.717, 1.165) is 6.07 Å². The first kappa shape index (κ1) is 14.2. The molecule has 1 aliphatic rings. The van der Waals surface area contributed by atoms with Crippen molar-refractivity contribution >= 4 is 0 Å². The molecule has 0 saturated heterocycles. The fourth-order valence-electron chi connectivity index (χ4n) is 3.05. The third-order valence-corrected chi connectivity index (χ3v) is 4.19. The van der Waals surface area contributed by atoms with Crippen LogP contribution in [-0.4, -0.2) is 13.7 Å². The highest BCUT2D eigenvalue weighted by molar-refractivity contribution is 5.49. The van der Waals surface area contributed by atoms with Crippen molar-refractivity contribution in [2.45, 2.75) is 25.9 Å². The molecule has 1 fully saturated rings. The molecule has 0 aliphatic heterocycles. The van der Waals surface area contributed by atoms with Crippen molar-refractivity contribution < 1.29 is 17.9 Å². The molecule has 0 radical (unpaired) electrons. The van der Waals surface area contributed by atoms with E-state index < -0.39 is 11.7 Å². The summed E-state index contributed by atoms with van der Waals surface area (Å²) in [6.07, 6.45) is -4.40. The number of benzene rings is 1. The van der Waals surface area contributed by atoms with Gasteiger partial charge < -0.3 is 10.5 Å². The Balaban J connectivity index is 2.49. The zero-order valence-corrected chi connectivity index (χ0v) is 11.2. The van der Waals surface area contributed by atoms with Crippen LogP contribution in [0.1, 0.15) is 30.9 Å². The minimum absolute atomic E-state index is 0.0229. The van der Waals surface area contributed by atoms with Gasteiger partial charge in [0.05, 0.1) is 12.7 Å². The molecule has 0 amide bonds. The van der Waals surface area contributed by atoms with Crippen molar-refractivity contribution in [1.82, 2.24) is 0 Å². The number of alkyl halides is 3. The quantitative estimate of drug-likeness (QED) is 0.916. The Morgan fingerprint density at radius 2 is 1.95 bits per heavy atom. The van der Waals surface area contributed by atoms with Gasteiger partial charge in [-0.1, -0.05) is 26.0 Å². The normalized spacial score (nSPS) is 25.2. The van der Waals surface area contributed by atoms with Gasteiger partial charge in [0.15, 0.2) is 0 Å². The second-order valence-electron chi connectivity index (χ2n) is 5.57. The van der Waals surface area contributed by atoms with E-state index in [1.807, 2.05) is 13.8 Å². The molecule has 5 heteroatoms. The van der Waals surface area contributed by atoms with Crippen LogP contribution in [0.25, 0.3) is 0 Å². The topological polar surface area (TPSA) is 35.2 Å². The summed E-state index contributed by atoms with van der Waals surface area (Å²) in [5, 5.41) is 0. The summed E-state index contributed by atoms with van der Waals surface area (Å²) in [6.45, 7) is 4.51. The van der Waals surface area contributed by atoms with Crippen molar-refractivity contribution in [3.63, 3.8) is 0 Å². The van der Waals surface area contributed by atoms with Gasteiger partial charge in [0.1, 0.15) is 5.75 Å². The van der Waals surface area contributed by atoms with Crippen LogP contribution in [0.15, 0.2) is 18.2 Å². The molecule has 1 aromatic rings. The fourth-order valence-corrected chi connectivity index (χ4v) is 3.05. The lowest BCUT2D eigenvalue weighted by molar-refractivity contribution is -0.138. The van der Waals surface area contributed by atoms with Crippen LogP contribution >= 0.6 is 0 Å². The van der Waals surface area contributed by atoms with Gasteiger partial charge in [0, 0.05) is 0 Å². The van der Waals surface area contributed by atoms with E-state index in [1.165, 1.54) is 13.2 Å². The summed E-state index contributed by atoms with van der Waals surface area (Å²) in [6, 6.07) is 4.19. The maximum atomic E-state index is 13.0. The van der Waals surface area contributed by atoms with Gasteiger partial charge in [0.25, 0.3) is 0 Å². The third-order valence-electron chi connectivity index (χ3n) is 4.19. The van der Waals surface area contributed by atoms with Crippen LogP contribution in [0, 0.1) is 11.3 Å². The first-order valence-corrected chi connectivity index (χ1v) is 6.19. The lowest BCUT2D eigenvalue weighted by Gasteiger charge is -2.16. The molecular weight excluding hydrogens is 255 g/mol. The highest BCUT2D eigenvalue weighted by Crippen LogP contribution is 2.65. The zero-order chi connectivity index (χ0) is 14.4. The van der Waals surface area contributed by atoms with Crippen LogP contribution in [-0.2, 0) is 6.18 Å². The summed E-state index contributed by atoms with van der Waals surface area (Å²) in [5.41, 5.74) is 5.50. The molecule has 0 spiro atoms. The van der Waals surface area contributed by atoms with E-state index in [9.17, 15) is 13.2 Å². The molecule has 1 saturated carbocycles. The monoisotopic (exact) mass is 273 g/mol. The van der Waals surface area contributed by atoms with E-state index in [4.69, 9.17) is 10.5 Å². The smallest absolute Gasteiger partial charge is 0.419 e. The molecule has 0 heterocycles. The van der Waals surface area contributed by atoms with E-state index in [0.29, 0.717) is 12.1 Å². The van der Waals surface area contributed by atoms with Crippen LogP contribution in [0.3, 0.4) is 0 Å². The Hall–Kier alpha value is -1.23. The van der Waals surface area contributed by atoms with Gasteiger partial charge in [-0.15, -0.1) is 0 Å². The summed E-state index contributed by atoms with van der Waals surface area (Å²) < 4.78 is 43.9. The predicted molar refractivity (Wildman–Crippen MR) is 67.1 cm³/mol. The molecule has 1 aromatic carbocycles. The van der Waals surface area contributed by atoms with E-state index in [2.05, 4.69) is 0 Å². The minimum Gasteiger partial charge on any atom is -0.496 e. The minimum atomic E-state index is -4.40. The van der Waals surface area contributed by atoms with Gasteiger partial charge in [-0.05, 0) is 35.4 Å². The van der Waals surface area contributed by atoms with E-state index >= 15 is 0 Å². The molecule has 2 rings (SSSR count). The largest absolute Gasteiger partial charge is 0.496 e. The number of para-hydroxylation sites is 1. The molecule has 0 bridgehead atoms. The maximum absolute atomic E-state index is 13.0. The third kappa shape index (κ3) is 2.20. The van der Waals surface area contributed by atoms with Gasteiger partial charge in [-0.3, -0.25) is 0 Å². The van der Waals surface area contributed by atoms with Crippen LogP contribution in [0.4, 0.5) is 13.2 Å². The van der Waals surface area contributed by atoms with Crippen molar-refractivity contribution in [3.05, 3.63) is 29.3 Å². The van der Waals surface area contributed by atoms with Gasteiger partial charge in [-0.25, -0.2) is 0 Å². The summed E-state index contributed by atoms with van der Waals surface area (Å²) >= 11 is 0. The molecule has 106 valence electrons. The van der Waals surface area contributed by atoms with Gasteiger partial charge >= 0.3 is 6.18 Å². The molecule has 2 N–H and O–H groups in total. The highest BCUT2D eigenvalue weighted by atomic mass is 19.4. The Labute approximate surface area is 110 Å². The number of rotatable bonds is 3. The first-order chi connectivity index (χ1) is 8.75. The van der Waals surface area contributed by atoms with Crippen LogP contribution < -0.4 is 10.5 Å². The fraction of sp³-hybridized carbons (Fsp3) is 0.571. The summed E-state index contributed by atoms with van der Waals surface area (Å²) in [4.78, 5) is 0. The first-order valence-electron chi connectivity index (χ1n) is 6.19. The van der Waals surface area contributed by atoms with Gasteiger partial charge in [-0.2, -0.15) is 13.2 Å². The van der Waals surface area contributed by atoms with Crippen LogP contribution in [0.2, 0.25) is 0 Å². The summed E-state index contributed by atoms with van der Waals surface area (Å²) in [5.74, 6) is 0.156. The molecule has 19 heavy (non-hydrogen) atoms. The number of methoxy groups -OCH3 is 1. The molecule has 2 nitrogen and oxygen atoms in total. The second-order valence-corrected chi connectivity index (χ2v) is 5.57. The number of hydrogen-bond acceptors (Lipinski definition) is 2. The van der Waals surface area contributed by atoms with Crippen molar-refractivity contribution in [3.8, 4) is 5.75 Å². The van der Waals surface area contributed by atoms with Gasteiger partial charge in [0.2, 0.25) is 0 Å². The number of hydrogen-bond donors (Lipinski definition) is 1. The number of halogens is 3. The SMILES string of the molecule is COc1c(C2C(CN)C2(C)C)cccc1C(F)(F)F. The predicted octanol–water partition coefficient (Wildman–Crippen LogP) is 3.41. The summed E-state index contributed by atoms with van der Waals surface area (Å²) in [7, 11) is 1.28. The molecular formula is C14H18F3NO. The van der Waals surface area contributed by atoms with Crippen molar-refractivity contribution in [2.75, 3.05) is 13.7 Å². The molecule has 1 aliphatic carbocycles. The molecule has 2 atom stereocenters. The average Bonchev–Trinajstić information content (AvgIpc) is 2.88. The Morgan fingerprint density at radius 1 is 1.32 bits per heavy atom. The zero-order valence-electron chi connectivity index (χ0n) is 11.2. The molecule has 0 aromatic heterocycles. The van der Waals surface area contributed by atoms with E-state index in [1.54, 1.807) is 6.07 Å². The lowest BCUT2D eigenvalue weighted by atomic mass is 9.99. The Bertz CT molecular complexity index is 482. The van der Waals surface area contributed by atoms with Crippen LogP contribution in [0.5, 0.6) is 5.75 Å². The standard InChI is InChI=1S/C14H18F3NO/c1-13(2)10(7-18)11(13)8-5-4-6-9(12(8)19-3)14(15,16)17/h4-6,10-11H,7,18H2,1-3H3. The molecule has 2 unspecified atom stereocenters. The Kier molecular flexibility index (Phi) is 3.29. The maximum Gasteiger partial charge on any atom is 0.419 e. The number of ether oxygens (including phenoxy) is 1. The Morgan fingerprint density at radius 3 is 2.37 bits per heavy atom. The highest BCUT2D eigenvalue weighted by Gasteiger charge is 2.58. The lowest BCUT2D eigenvalue weighted by Crippen LogP contribution is -2.09. The number of nitrogens with two attached hydrogens (primary N) is 1. The second kappa shape index (κ2) is 4.40.